The second-order valence-electron chi connectivity index (χ2n) is 8.80. The molecule has 0 saturated heterocycles. The molecule has 11 nitrogen and oxygen atoms in total. The molecule has 1 aliphatic carbocycles. The largest absolute Gasteiger partial charge is 0.493 e. The molecule has 1 aromatic carbocycles. The summed E-state index contributed by atoms with van der Waals surface area (Å²) in [6.07, 6.45) is 4.82. The molecule has 1 aromatic heterocycles. The van der Waals surface area contributed by atoms with Crippen LogP contribution in [0.25, 0.3) is 0 Å². The molecular formula is C25H41N7O4. The molecule has 1 fully saturated rings. The molecule has 11 heteroatoms. The predicted molar refractivity (Wildman–Crippen MR) is 141 cm³/mol. The number of nitrogens with one attached hydrogen (secondary N) is 3. The lowest BCUT2D eigenvalue weighted by atomic mass is 9.86. The van der Waals surface area contributed by atoms with Crippen molar-refractivity contribution in [3.05, 3.63) is 23.8 Å². The van der Waals surface area contributed by atoms with E-state index in [1.54, 1.807) is 14.2 Å². The van der Waals surface area contributed by atoms with Gasteiger partial charge in [-0.25, -0.2) is 0 Å². The highest BCUT2D eigenvalue weighted by Crippen LogP contribution is 2.28. The molecule has 0 bridgehead atoms. The summed E-state index contributed by atoms with van der Waals surface area (Å²) in [7, 11) is 3.25. The van der Waals surface area contributed by atoms with Crippen molar-refractivity contribution in [1.29, 1.82) is 0 Å². The highest BCUT2D eigenvalue weighted by molar-refractivity contribution is 5.46. The Hall–Kier alpha value is -2.89. The van der Waals surface area contributed by atoms with Crippen molar-refractivity contribution in [2.45, 2.75) is 45.2 Å². The van der Waals surface area contributed by atoms with Gasteiger partial charge in [0, 0.05) is 25.7 Å². The SMILES string of the molecule is COc1ccc(CNc2nc(NCCOCCOCCN)nc(NC3CCCCC3C)n2)cc1OC. The monoisotopic (exact) mass is 503 g/mol. The van der Waals surface area contributed by atoms with Crippen LogP contribution in [0.1, 0.15) is 38.2 Å². The van der Waals surface area contributed by atoms with Crippen molar-refractivity contribution in [1.82, 2.24) is 15.0 Å². The van der Waals surface area contributed by atoms with Gasteiger partial charge in [0.25, 0.3) is 0 Å². The molecule has 1 saturated carbocycles. The van der Waals surface area contributed by atoms with E-state index in [0.717, 1.165) is 12.0 Å². The molecule has 1 aliphatic rings. The van der Waals surface area contributed by atoms with E-state index in [2.05, 4.69) is 37.8 Å². The fourth-order valence-electron chi connectivity index (χ4n) is 4.11. The molecule has 1 heterocycles. The lowest BCUT2D eigenvalue weighted by molar-refractivity contribution is 0.0547. The van der Waals surface area contributed by atoms with Gasteiger partial charge in [-0.05, 0) is 36.5 Å². The normalized spacial score (nSPS) is 17.4. The number of benzene rings is 1. The average molecular weight is 504 g/mol. The summed E-state index contributed by atoms with van der Waals surface area (Å²) in [6.45, 7) is 5.98. The summed E-state index contributed by atoms with van der Waals surface area (Å²) in [4.78, 5) is 13.8. The first kappa shape index (κ1) is 27.7. The number of ether oxygens (including phenoxy) is 4. The van der Waals surface area contributed by atoms with Crippen LogP contribution in [0.3, 0.4) is 0 Å². The smallest absolute Gasteiger partial charge is 0.229 e. The minimum absolute atomic E-state index is 0.351. The van der Waals surface area contributed by atoms with Gasteiger partial charge < -0.3 is 40.6 Å². The van der Waals surface area contributed by atoms with Crippen LogP contribution in [0.5, 0.6) is 11.5 Å². The molecular weight excluding hydrogens is 462 g/mol. The number of hydrogen-bond donors (Lipinski definition) is 4. The zero-order valence-electron chi connectivity index (χ0n) is 21.7. The van der Waals surface area contributed by atoms with Gasteiger partial charge in [0.05, 0.1) is 40.6 Å². The second kappa shape index (κ2) is 15.3. The summed E-state index contributed by atoms with van der Waals surface area (Å²) in [5.41, 5.74) is 6.43. The summed E-state index contributed by atoms with van der Waals surface area (Å²) in [5.74, 6) is 3.49. The van der Waals surface area contributed by atoms with E-state index in [1.807, 2.05) is 18.2 Å². The zero-order valence-corrected chi connectivity index (χ0v) is 21.7. The van der Waals surface area contributed by atoms with E-state index < -0.39 is 0 Å². The van der Waals surface area contributed by atoms with Crippen molar-refractivity contribution < 1.29 is 18.9 Å². The second-order valence-corrected chi connectivity index (χ2v) is 8.80. The highest BCUT2D eigenvalue weighted by Gasteiger charge is 2.22. The van der Waals surface area contributed by atoms with Gasteiger partial charge in [-0.15, -0.1) is 0 Å². The Morgan fingerprint density at radius 2 is 1.56 bits per heavy atom. The fraction of sp³-hybridized carbons (Fsp3) is 0.640. The zero-order chi connectivity index (χ0) is 25.6. The quantitative estimate of drug-likeness (QED) is 0.252. The molecule has 36 heavy (non-hydrogen) atoms. The third-order valence-corrected chi connectivity index (χ3v) is 6.12. The molecule has 2 aromatic rings. The summed E-state index contributed by atoms with van der Waals surface area (Å²) >= 11 is 0. The van der Waals surface area contributed by atoms with Crippen molar-refractivity contribution in [3.8, 4) is 11.5 Å². The average Bonchev–Trinajstić information content (AvgIpc) is 2.90. The van der Waals surface area contributed by atoms with Crippen LogP contribution in [-0.4, -0.2) is 74.7 Å². The molecule has 0 radical (unpaired) electrons. The first-order valence-corrected chi connectivity index (χ1v) is 12.7. The summed E-state index contributed by atoms with van der Waals surface area (Å²) in [6, 6.07) is 6.15. The van der Waals surface area contributed by atoms with E-state index in [9.17, 15) is 0 Å². The number of nitrogens with two attached hydrogens (primary N) is 1. The molecule has 200 valence electrons. The standard InChI is InChI=1S/C25H41N7O4/c1-18-6-4-5-7-20(18)29-25-31-23(27-11-13-36-15-14-35-12-10-26)30-24(32-25)28-17-19-8-9-21(33-2)22(16-19)34-3/h8-9,16,18,20H,4-7,10-15,17,26H2,1-3H3,(H3,27,28,29,30,31,32). The first-order valence-electron chi connectivity index (χ1n) is 12.7. The number of rotatable bonds is 16. The molecule has 0 amide bonds. The van der Waals surface area contributed by atoms with Crippen molar-refractivity contribution in [2.75, 3.05) is 69.7 Å². The number of nitrogens with zero attached hydrogens (tertiary/aromatic N) is 3. The summed E-state index contributed by atoms with van der Waals surface area (Å²) < 4.78 is 21.6. The van der Waals surface area contributed by atoms with Crippen LogP contribution in [0, 0.1) is 5.92 Å². The predicted octanol–water partition coefficient (Wildman–Crippen LogP) is 2.90. The number of hydrogen-bond acceptors (Lipinski definition) is 11. The van der Waals surface area contributed by atoms with Crippen LogP contribution >= 0.6 is 0 Å². The van der Waals surface area contributed by atoms with Crippen LogP contribution < -0.4 is 31.2 Å². The lowest BCUT2D eigenvalue weighted by Gasteiger charge is -2.29. The maximum absolute atomic E-state index is 5.59. The molecule has 2 atom stereocenters. The third kappa shape index (κ3) is 8.96. The number of anilines is 3. The maximum atomic E-state index is 5.59. The van der Waals surface area contributed by atoms with Gasteiger partial charge in [-0.2, -0.15) is 15.0 Å². The van der Waals surface area contributed by atoms with Gasteiger partial charge in [0.15, 0.2) is 11.5 Å². The molecule has 0 aliphatic heterocycles. The van der Waals surface area contributed by atoms with E-state index in [4.69, 9.17) is 24.7 Å². The molecule has 5 N–H and O–H groups in total. The Morgan fingerprint density at radius 1 is 0.861 bits per heavy atom. The highest BCUT2D eigenvalue weighted by atomic mass is 16.5. The van der Waals surface area contributed by atoms with Gasteiger partial charge in [0.2, 0.25) is 17.8 Å². The Bertz CT molecular complexity index is 918. The van der Waals surface area contributed by atoms with Gasteiger partial charge in [0.1, 0.15) is 0 Å². The van der Waals surface area contributed by atoms with Gasteiger partial charge in [-0.1, -0.05) is 25.8 Å². The van der Waals surface area contributed by atoms with Crippen molar-refractivity contribution >= 4 is 17.8 Å². The molecule has 0 spiro atoms. The maximum Gasteiger partial charge on any atom is 0.229 e. The lowest BCUT2D eigenvalue weighted by Crippen LogP contribution is -2.31. The van der Waals surface area contributed by atoms with E-state index in [-0.39, 0.29) is 0 Å². The Balaban J connectivity index is 1.62. The van der Waals surface area contributed by atoms with E-state index in [1.165, 1.54) is 19.3 Å². The fourth-order valence-corrected chi connectivity index (χ4v) is 4.11. The van der Waals surface area contributed by atoms with Crippen LogP contribution in [0.15, 0.2) is 18.2 Å². The third-order valence-electron chi connectivity index (χ3n) is 6.12. The van der Waals surface area contributed by atoms with Gasteiger partial charge in [-0.3, -0.25) is 0 Å². The minimum atomic E-state index is 0.351. The van der Waals surface area contributed by atoms with E-state index >= 15 is 0 Å². The Labute approximate surface area is 213 Å². The van der Waals surface area contributed by atoms with E-state index in [0.29, 0.717) is 87.4 Å². The Morgan fingerprint density at radius 3 is 2.28 bits per heavy atom. The van der Waals surface area contributed by atoms with Crippen molar-refractivity contribution in [2.24, 2.45) is 11.7 Å². The van der Waals surface area contributed by atoms with Crippen LogP contribution in [0.2, 0.25) is 0 Å². The first-order chi connectivity index (χ1) is 17.6. The number of aromatic nitrogens is 3. The topological polar surface area (TPSA) is 138 Å². The molecule has 3 rings (SSSR count). The van der Waals surface area contributed by atoms with Crippen LogP contribution in [0.4, 0.5) is 17.8 Å². The summed E-state index contributed by atoms with van der Waals surface area (Å²) in [5, 5.41) is 10.1. The van der Waals surface area contributed by atoms with Crippen molar-refractivity contribution in [3.63, 3.8) is 0 Å². The minimum Gasteiger partial charge on any atom is -0.493 e. The van der Waals surface area contributed by atoms with Crippen LogP contribution in [-0.2, 0) is 16.0 Å². The molecule has 2 unspecified atom stereocenters. The van der Waals surface area contributed by atoms with Gasteiger partial charge >= 0.3 is 0 Å². The Kier molecular flexibility index (Phi) is 11.7. The number of methoxy groups -OCH3 is 2.